The molecule has 4 aromatic rings. The monoisotopic (exact) mass is 466 g/mol. The normalized spacial score (nSPS) is 12.7. The van der Waals surface area contributed by atoms with Gasteiger partial charge in [0.05, 0.1) is 19.1 Å². The summed E-state index contributed by atoms with van der Waals surface area (Å²) in [5, 5.41) is 0.948. The fourth-order valence-electron chi connectivity index (χ4n) is 3.60. The maximum Gasteiger partial charge on any atom is 0.235 e. The Morgan fingerprint density at radius 3 is 2.73 bits per heavy atom. The van der Waals surface area contributed by atoms with Gasteiger partial charge in [0, 0.05) is 22.2 Å². The average molecular weight is 467 g/mol. The minimum atomic E-state index is -0.300. The fraction of sp³-hybridized carbons (Fsp3) is 0.160. The number of ether oxygens (including phenoxy) is 5. The van der Waals surface area contributed by atoms with E-state index in [1.807, 2.05) is 12.1 Å². The van der Waals surface area contributed by atoms with E-state index in [0.29, 0.717) is 39.8 Å². The number of rotatable bonds is 6. The van der Waals surface area contributed by atoms with Crippen LogP contribution in [0.25, 0.3) is 11.0 Å². The molecule has 0 bridgehead atoms. The van der Waals surface area contributed by atoms with E-state index in [1.165, 1.54) is 13.4 Å². The number of benzene rings is 3. The standard InChI is InChI=1S/C25H19ClO7/c1-28-20-4-2-3-5-21(20)33-23-13-31-22-10-18(6-7-19(22)24(23)27)30-12-16-9-17(26)8-15-11-29-14-32-25(15)16/h2-10,13H,11-12,14H2,1H3. The Morgan fingerprint density at radius 2 is 1.88 bits per heavy atom. The van der Waals surface area contributed by atoms with E-state index in [0.717, 1.165) is 16.9 Å². The first kappa shape index (κ1) is 21.2. The topological polar surface area (TPSA) is 76.4 Å². The minimum Gasteiger partial charge on any atom is -0.493 e. The summed E-state index contributed by atoms with van der Waals surface area (Å²) >= 11 is 6.21. The fourth-order valence-corrected chi connectivity index (χ4v) is 3.86. The van der Waals surface area contributed by atoms with Crippen molar-refractivity contribution < 1.29 is 28.1 Å². The second kappa shape index (κ2) is 9.05. The molecule has 0 atom stereocenters. The molecule has 0 saturated carbocycles. The van der Waals surface area contributed by atoms with Crippen molar-refractivity contribution in [1.29, 1.82) is 0 Å². The number of para-hydroxylation sites is 2. The SMILES string of the molecule is COc1ccccc1Oc1coc2cc(OCc3cc(Cl)cc4c3OCOC4)ccc2c1=O. The van der Waals surface area contributed by atoms with Crippen molar-refractivity contribution in [2.75, 3.05) is 13.9 Å². The van der Waals surface area contributed by atoms with Gasteiger partial charge in [-0.05, 0) is 36.4 Å². The molecule has 3 aromatic carbocycles. The Morgan fingerprint density at radius 1 is 1.03 bits per heavy atom. The first-order chi connectivity index (χ1) is 16.1. The molecular weight excluding hydrogens is 448 g/mol. The largest absolute Gasteiger partial charge is 0.493 e. The number of hydrogen-bond acceptors (Lipinski definition) is 7. The molecule has 0 N–H and O–H groups in total. The minimum absolute atomic E-state index is 0.0607. The Hall–Kier alpha value is -3.68. The second-order valence-electron chi connectivity index (χ2n) is 7.29. The third-order valence-electron chi connectivity index (χ3n) is 5.15. The van der Waals surface area contributed by atoms with Crippen molar-refractivity contribution in [2.45, 2.75) is 13.2 Å². The van der Waals surface area contributed by atoms with Crippen LogP contribution >= 0.6 is 11.6 Å². The number of fused-ring (bicyclic) bond motifs is 2. The van der Waals surface area contributed by atoms with Gasteiger partial charge in [-0.25, -0.2) is 0 Å². The van der Waals surface area contributed by atoms with Crippen molar-refractivity contribution in [3.63, 3.8) is 0 Å². The maximum absolute atomic E-state index is 12.9. The third-order valence-corrected chi connectivity index (χ3v) is 5.37. The molecule has 1 aromatic heterocycles. The molecule has 0 spiro atoms. The van der Waals surface area contributed by atoms with Crippen molar-refractivity contribution >= 4 is 22.6 Å². The zero-order valence-electron chi connectivity index (χ0n) is 17.6. The summed E-state index contributed by atoms with van der Waals surface area (Å²) in [5.74, 6) is 2.25. The lowest BCUT2D eigenvalue weighted by molar-refractivity contribution is -0.0175. The number of methoxy groups -OCH3 is 1. The van der Waals surface area contributed by atoms with Crippen LogP contribution in [0.15, 0.2) is 70.1 Å². The highest BCUT2D eigenvalue weighted by molar-refractivity contribution is 6.30. The molecule has 0 saturated heterocycles. The first-order valence-electron chi connectivity index (χ1n) is 10.1. The average Bonchev–Trinajstić information content (AvgIpc) is 2.84. The molecule has 1 aliphatic heterocycles. The molecule has 0 radical (unpaired) electrons. The third kappa shape index (κ3) is 4.33. The molecule has 1 aliphatic rings. The summed E-state index contributed by atoms with van der Waals surface area (Å²) in [6, 6.07) is 15.7. The van der Waals surface area contributed by atoms with Gasteiger partial charge in [0.1, 0.15) is 30.0 Å². The summed E-state index contributed by atoms with van der Waals surface area (Å²) in [5.41, 5.74) is 1.76. The van der Waals surface area contributed by atoms with E-state index in [4.69, 9.17) is 39.7 Å². The lowest BCUT2D eigenvalue weighted by Crippen LogP contribution is -2.14. The molecule has 7 nitrogen and oxygen atoms in total. The van der Waals surface area contributed by atoms with Gasteiger partial charge in [0.15, 0.2) is 18.3 Å². The van der Waals surface area contributed by atoms with Crippen LogP contribution in [-0.2, 0) is 18.0 Å². The Balaban J connectivity index is 1.38. The quantitative estimate of drug-likeness (QED) is 0.361. The number of hydrogen-bond donors (Lipinski definition) is 0. The molecule has 168 valence electrons. The summed E-state index contributed by atoms with van der Waals surface area (Å²) in [6.07, 6.45) is 1.28. The van der Waals surface area contributed by atoms with Gasteiger partial charge in [-0.1, -0.05) is 23.7 Å². The van der Waals surface area contributed by atoms with Gasteiger partial charge >= 0.3 is 0 Å². The van der Waals surface area contributed by atoms with Crippen LogP contribution in [0, 0.1) is 0 Å². The van der Waals surface area contributed by atoms with E-state index in [-0.39, 0.29) is 24.6 Å². The molecule has 8 heteroatoms. The zero-order chi connectivity index (χ0) is 22.8. The van der Waals surface area contributed by atoms with Crippen molar-refractivity contribution in [3.05, 3.63) is 87.2 Å². The van der Waals surface area contributed by atoms with Crippen molar-refractivity contribution in [2.24, 2.45) is 0 Å². The van der Waals surface area contributed by atoms with Gasteiger partial charge in [0.25, 0.3) is 0 Å². The lowest BCUT2D eigenvalue weighted by Gasteiger charge is -2.21. The van der Waals surface area contributed by atoms with Crippen molar-refractivity contribution in [1.82, 2.24) is 0 Å². The highest BCUT2D eigenvalue weighted by Gasteiger charge is 2.17. The first-order valence-corrected chi connectivity index (χ1v) is 10.5. The van der Waals surface area contributed by atoms with Crippen LogP contribution in [0.4, 0.5) is 0 Å². The van der Waals surface area contributed by atoms with Gasteiger partial charge < -0.3 is 28.1 Å². The van der Waals surface area contributed by atoms with Gasteiger partial charge in [-0.3, -0.25) is 4.79 Å². The predicted molar refractivity (Wildman–Crippen MR) is 122 cm³/mol. The molecular formula is C25H19ClO7. The molecule has 33 heavy (non-hydrogen) atoms. The Kier molecular flexibility index (Phi) is 5.81. The Bertz CT molecular complexity index is 1380. The molecule has 0 unspecified atom stereocenters. The van der Waals surface area contributed by atoms with Gasteiger partial charge in [-0.2, -0.15) is 0 Å². The van der Waals surface area contributed by atoms with E-state index in [2.05, 4.69) is 0 Å². The Labute approximate surface area is 194 Å². The predicted octanol–water partition coefficient (Wildman–Crippen LogP) is 5.69. The van der Waals surface area contributed by atoms with Crippen LogP contribution in [0.3, 0.4) is 0 Å². The van der Waals surface area contributed by atoms with E-state index in [1.54, 1.807) is 42.5 Å². The summed E-state index contributed by atoms with van der Waals surface area (Å²) in [4.78, 5) is 12.9. The van der Waals surface area contributed by atoms with Gasteiger partial charge in [0.2, 0.25) is 11.2 Å². The van der Waals surface area contributed by atoms with Crippen LogP contribution in [0.1, 0.15) is 11.1 Å². The summed E-state index contributed by atoms with van der Waals surface area (Å²) in [7, 11) is 1.53. The smallest absolute Gasteiger partial charge is 0.235 e. The van der Waals surface area contributed by atoms with E-state index >= 15 is 0 Å². The molecule has 0 amide bonds. The van der Waals surface area contributed by atoms with Gasteiger partial charge in [-0.15, -0.1) is 0 Å². The maximum atomic E-state index is 12.9. The second-order valence-corrected chi connectivity index (χ2v) is 7.73. The summed E-state index contributed by atoms with van der Waals surface area (Å²) in [6.45, 7) is 0.846. The van der Waals surface area contributed by atoms with E-state index in [9.17, 15) is 4.79 Å². The highest BCUT2D eigenvalue weighted by Crippen LogP contribution is 2.33. The summed E-state index contributed by atoms with van der Waals surface area (Å²) < 4.78 is 33.5. The van der Waals surface area contributed by atoms with Crippen LogP contribution < -0.4 is 24.4 Å². The lowest BCUT2D eigenvalue weighted by atomic mass is 10.1. The number of halogens is 1. The van der Waals surface area contributed by atoms with Crippen LogP contribution in [0.5, 0.6) is 28.7 Å². The molecule has 0 aliphatic carbocycles. The molecule has 2 heterocycles. The molecule has 0 fully saturated rings. The van der Waals surface area contributed by atoms with Crippen LogP contribution in [0.2, 0.25) is 5.02 Å². The van der Waals surface area contributed by atoms with Crippen molar-refractivity contribution in [3.8, 4) is 28.7 Å². The highest BCUT2D eigenvalue weighted by atomic mass is 35.5. The van der Waals surface area contributed by atoms with Crippen LogP contribution in [-0.4, -0.2) is 13.9 Å². The molecule has 5 rings (SSSR count). The van der Waals surface area contributed by atoms with E-state index < -0.39 is 0 Å². The zero-order valence-corrected chi connectivity index (χ0v) is 18.4.